The third-order valence-electron chi connectivity index (χ3n) is 5.37. The second kappa shape index (κ2) is 6.05. The summed E-state index contributed by atoms with van der Waals surface area (Å²) in [5.41, 5.74) is 3.48. The van der Waals surface area contributed by atoms with Gasteiger partial charge in [0.05, 0.1) is 6.04 Å². The Labute approximate surface area is 150 Å². The van der Waals surface area contributed by atoms with E-state index < -0.39 is 0 Å². The molecule has 1 aliphatic carbocycles. The zero-order chi connectivity index (χ0) is 17.5. The van der Waals surface area contributed by atoms with E-state index in [1.807, 2.05) is 17.0 Å². The summed E-state index contributed by atoms with van der Waals surface area (Å²) in [6.45, 7) is 0.646. The molecule has 0 radical (unpaired) electrons. The average molecular weight is 346 g/mol. The molecule has 1 amide bonds. The van der Waals surface area contributed by atoms with E-state index in [1.165, 1.54) is 11.1 Å². The lowest BCUT2D eigenvalue weighted by atomic mass is 10.1. The van der Waals surface area contributed by atoms with Crippen molar-refractivity contribution in [1.29, 1.82) is 0 Å². The summed E-state index contributed by atoms with van der Waals surface area (Å²) in [6.07, 6.45) is 5.85. The fourth-order valence-electron chi connectivity index (χ4n) is 4.08. The van der Waals surface area contributed by atoms with Crippen molar-refractivity contribution in [2.45, 2.75) is 31.2 Å². The molecular formula is C20H18N4O2. The third kappa shape index (κ3) is 2.49. The number of likely N-dealkylation sites (tertiary alicyclic amines) is 1. The van der Waals surface area contributed by atoms with Crippen LogP contribution in [0.3, 0.4) is 0 Å². The Morgan fingerprint density at radius 2 is 1.96 bits per heavy atom. The molecule has 0 bridgehead atoms. The Bertz CT molecular complexity index is 953. The van der Waals surface area contributed by atoms with Crippen molar-refractivity contribution in [2.75, 3.05) is 6.54 Å². The molecule has 5 rings (SSSR count). The van der Waals surface area contributed by atoms with Crippen LogP contribution < -0.4 is 0 Å². The maximum absolute atomic E-state index is 12.7. The van der Waals surface area contributed by atoms with Crippen LogP contribution in [-0.4, -0.2) is 32.5 Å². The molecule has 130 valence electrons. The fourth-order valence-corrected chi connectivity index (χ4v) is 4.08. The number of carbonyl (C=O) groups is 1. The number of hydrogen-bond acceptors (Lipinski definition) is 5. The van der Waals surface area contributed by atoms with Crippen LogP contribution in [0.4, 0.5) is 0 Å². The first-order valence-corrected chi connectivity index (χ1v) is 8.91. The lowest BCUT2D eigenvalue weighted by Gasteiger charge is -2.25. The van der Waals surface area contributed by atoms with Crippen LogP contribution in [-0.2, 0) is 11.2 Å². The highest BCUT2D eigenvalue weighted by Crippen LogP contribution is 2.40. The molecule has 1 saturated heterocycles. The SMILES string of the molecule is O=C1C[C@H](c2noc(-c3ccncc3)n2)CN1[C@H]1CCc2ccccc21. The molecule has 6 heteroatoms. The summed E-state index contributed by atoms with van der Waals surface area (Å²) in [4.78, 5) is 23.2. The number of rotatable bonds is 3. The molecule has 0 N–H and O–H groups in total. The van der Waals surface area contributed by atoms with E-state index in [-0.39, 0.29) is 17.9 Å². The first-order valence-electron chi connectivity index (χ1n) is 8.91. The van der Waals surface area contributed by atoms with Crippen LogP contribution in [0.2, 0.25) is 0 Å². The number of fused-ring (bicyclic) bond motifs is 1. The minimum absolute atomic E-state index is 0.0189. The van der Waals surface area contributed by atoms with E-state index in [4.69, 9.17) is 4.52 Å². The molecule has 6 nitrogen and oxygen atoms in total. The van der Waals surface area contributed by atoms with E-state index >= 15 is 0 Å². The highest BCUT2D eigenvalue weighted by atomic mass is 16.5. The van der Waals surface area contributed by atoms with Gasteiger partial charge in [-0.1, -0.05) is 29.4 Å². The van der Waals surface area contributed by atoms with Gasteiger partial charge in [-0.25, -0.2) is 0 Å². The third-order valence-corrected chi connectivity index (χ3v) is 5.37. The van der Waals surface area contributed by atoms with E-state index in [0.717, 1.165) is 18.4 Å². The normalized spacial score (nSPS) is 22.0. The molecule has 3 aromatic rings. The topological polar surface area (TPSA) is 72.1 Å². The Balaban J connectivity index is 1.37. The summed E-state index contributed by atoms with van der Waals surface area (Å²) in [7, 11) is 0. The van der Waals surface area contributed by atoms with Crippen molar-refractivity contribution >= 4 is 5.91 Å². The first-order chi connectivity index (χ1) is 12.8. The van der Waals surface area contributed by atoms with Crippen LogP contribution in [0.1, 0.15) is 41.8 Å². The Morgan fingerprint density at radius 3 is 2.85 bits per heavy atom. The van der Waals surface area contributed by atoms with Crippen molar-refractivity contribution in [1.82, 2.24) is 20.0 Å². The zero-order valence-corrected chi connectivity index (χ0v) is 14.2. The van der Waals surface area contributed by atoms with E-state index in [0.29, 0.717) is 24.7 Å². The molecule has 26 heavy (non-hydrogen) atoms. The number of amides is 1. The molecule has 1 aliphatic heterocycles. The van der Waals surface area contributed by atoms with Crippen LogP contribution in [0, 0.1) is 0 Å². The number of nitrogens with zero attached hydrogens (tertiary/aromatic N) is 4. The predicted molar refractivity (Wildman–Crippen MR) is 94.1 cm³/mol. The average Bonchev–Trinajstić information content (AvgIpc) is 3.40. The van der Waals surface area contributed by atoms with E-state index in [9.17, 15) is 4.79 Å². The first kappa shape index (κ1) is 15.3. The van der Waals surface area contributed by atoms with Gasteiger partial charge in [0.1, 0.15) is 0 Å². The highest BCUT2D eigenvalue weighted by molar-refractivity contribution is 5.80. The van der Waals surface area contributed by atoms with Crippen molar-refractivity contribution < 1.29 is 9.32 Å². The molecule has 3 heterocycles. The minimum atomic E-state index is -0.0189. The molecule has 0 unspecified atom stereocenters. The van der Waals surface area contributed by atoms with Gasteiger partial charge in [-0.15, -0.1) is 0 Å². The number of carbonyl (C=O) groups excluding carboxylic acids is 1. The molecule has 2 atom stereocenters. The highest BCUT2D eigenvalue weighted by Gasteiger charge is 2.39. The quantitative estimate of drug-likeness (QED) is 0.728. The monoisotopic (exact) mass is 346 g/mol. The molecular weight excluding hydrogens is 328 g/mol. The van der Waals surface area contributed by atoms with E-state index in [2.05, 4.69) is 39.4 Å². The van der Waals surface area contributed by atoms with Crippen LogP contribution in [0.25, 0.3) is 11.5 Å². The van der Waals surface area contributed by atoms with Crippen molar-refractivity contribution in [3.8, 4) is 11.5 Å². The molecule has 2 aliphatic rings. The number of pyridine rings is 1. The summed E-state index contributed by atoms with van der Waals surface area (Å²) in [5, 5.41) is 4.13. The van der Waals surface area contributed by atoms with Gasteiger partial charge in [-0.2, -0.15) is 4.98 Å². The smallest absolute Gasteiger partial charge is 0.258 e. The summed E-state index contributed by atoms with van der Waals surface area (Å²) in [6, 6.07) is 12.3. The summed E-state index contributed by atoms with van der Waals surface area (Å²) >= 11 is 0. The second-order valence-electron chi connectivity index (χ2n) is 6.89. The lowest BCUT2D eigenvalue weighted by Crippen LogP contribution is -2.28. The van der Waals surface area contributed by atoms with Gasteiger partial charge < -0.3 is 9.42 Å². The van der Waals surface area contributed by atoms with Gasteiger partial charge >= 0.3 is 0 Å². The summed E-state index contributed by atoms with van der Waals surface area (Å²) < 4.78 is 5.40. The van der Waals surface area contributed by atoms with Gasteiger partial charge in [-0.3, -0.25) is 9.78 Å². The molecule has 1 fully saturated rings. The minimum Gasteiger partial charge on any atom is -0.335 e. The maximum atomic E-state index is 12.7. The Hall–Kier alpha value is -3.02. The largest absolute Gasteiger partial charge is 0.335 e. The maximum Gasteiger partial charge on any atom is 0.258 e. The molecule has 2 aromatic heterocycles. The van der Waals surface area contributed by atoms with Gasteiger partial charge in [-0.05, 0) is 36.1 Å². The van der Waals surface area contributed by atoms with Crippen molar-refractivity contribution in [3.05, 3.63) is 65.7 Å². The molecule has 0 saturated carbocycles. The Kier molecular flexibility index (Phi) is 3.55. The van der Waals surface area contributed by atoms with Gasteiger partial charge in [0.2, 0.25) is 5.91 Å². The number of hydrogen-bond donors (Lipinski definition) is 0. The van der Waals surface area contributed by atoms with Crippen LogP contribution >= 0.6 is 0 Å². The number of aromatic nitrogens is 3. The van der Waals surface area contributed by atoms with Crippen LogP contribution in [0.5, 0.6) is 0 Å². The Morgan fingerprint density at radius 1 is 1.12 bits per heavy atom. The van der Waals surface area contributed by atoms with Crippen molar-refractivity contribution in [2.24, 2.45) is 0 Å². The predicted octanol–water partition coefficient (Wildman–Crippen LogP) is 3.14. The van der Waals surface area contributed by atoms with Gasteiger partial charge in [0.25, 0.3) is 5.89 Å². The molecule has 0 spiro atoms. The molecule has 1 aromatic carbocycles. The summed E-state index contributed by atoms with van der Waals surface area (Å²) in [5.74, 6) is 1.24. The number of aryl methyl sites for hydroxylation is 1. The number of benzene rings is 1. The lowest BCUT2D eigenvalue weighted by molar-refractivity contribution is -0.129. The van der Waals surface area contributed by atoms with E-state index in [1.54, 1.807) is 12.4 Å². The second-order valence-corrected chi connectivity index (χ2v) is 6.89. The zero-order valence-electron chi connectivity index (χ0n) is 14.2. The van der Waals surface area contributed by atoms with Crippen molar-refractivity contribution in [3.63, 3.8) is 0 Å². The van der Waals surface area contributed by atoms with Gasteiger partial charge in [0.15, 0.2) is 5.82 Å². The van der Waals surface area contributed by atoms with Gasteiger partial charge in [0, 0.05) is 36.8 Å². The standard InChI is InChI=1S/C20H18N4O2/c25-18-11-15(19-22-20(26-23-19)14-7-9-21-10-8-14)12-24(18)17-6-5-13-3-1-2-4-16(13)17/h1-4,7-10,15,17H,5-6,11-12H2/t15-,17-/m0/s1. The fraction of sp³-hybridized carbons (Fsp3) is 0.300. The van der Waals surface area contributed by atoms with Crippen LogP contribution in [0.15, 0.2) is 53.3 Å².